The summed E-state index contributed by atoms with van der Waals surface area (Å²) in [4.78, 5) is 27.6. The van der Waals surface area contributed by atoms with Gasteiger partial charge in [-0.1, -0.05) is 35.6 Å². The Balaban J connectivity index is 1.98. The van der Waals surface area contributed by atoms with Crippen LogP contribution in [0.5, 0.6) is 0 Å². The van der Waals surface area contributed by atoms with Crippen LogP contribution >= 0.6 is 35.6 Å². The Morgan fingerprint density at radius 1 is 1.50 bits per heavy atom. The van der Waals surface area contributed by atoms with Crippen molar-refractivity contribution < 1.29 is 14.7 Å². The van der Waals surface area contributed by atoms with Crippen LogP contribution in [0, 0.1) is 0 Å². The molecule has 0 radical (unpaired) electrons. The normalized spacial score (nSPS) is 17.0. The summed E-state index contributed by atoms with van der Waals surface area (Å²) in [6.45, 7) is -0.429. The van der Waals surface area contributed by atoms with Crippen LogP contribution in [0.1, 0.15) is 5.56 Å². The van der Waals surface area contributed by atoms with Gasteiger partial charge in [0, 0.05) is 27.7 Å². The molecule has 22 heavy (non-hydrogen) atoms. The number of carbonyl (C=O) groups is 2. The standard InChI is InChI=1S/C14H9ClN2O3S2/c15-8-1-2-10-9(4-8)7(5-16-10)3-11-13(20)17(6-12(18)19)14(21)22-11/h1-5,16H,6H2,(H,18,19). The molecule has 1 saturated heterocycles. The number of nitrogens with one attached hydrogen (secondary N) is 1. The lowest BCUT2D eigenvalue weighted by Gasteiger charge is -2.10. The summed E-state index contributed by atoms with van der Waals surface area (Å²) in [6, 6.07) is 5.43. The van der Waals surface area contributed by atoms with E-state index in [9.17, 15) is 9.59 Å². The highest BCUT2D eigenvalue weighted by atomic mass is 35.5. The number of carboxylic acid groups (broad SMARTS) is 1. The van der Waals surface area contributed by atoms with Gasteiger partial charge in [-0.3, -0.25) is 14.5 Å². The average molecular weight is 353 g/mol. The minimum Gasteiger partial charge on any atom is -0.480 e. The highest BCUT2D eigenvalue weighted by Crippen LogP contribution is 2.34. The van der Waals surface area contributed by atoms with E-state index in [1.54, 1.807) is 24.4 Å². The zero-order valence-electron chi connectivity index (χ0n) is 11.0. The number of hydrogen-bond donors (Lipinski definition) is 2. The lowest BCUT2D eigenvalue weighted by Crippen LogP contribution is -2.33. The predicted molar refractivity (Wildman–Crippen MR) is 90.8 cm³/mol. The van der Waals surface area contributed by atoms with Crippen LogP contribution in [0.2, 0.25) is 5.02 Å². The molecule has 1 amide bonds. The number of rotatable bonds is 3. The number of thiocarbonyl (C=S) groups is 1. The summed E-state index contributed by atoms with van der Waals surface area (Å²) in [5.41, 5.74) is 1.70. The number of aliphatic carboxylic acids is 1. The van der Waals surface area contributed by atoms with Crippen LogP contribution in [0.4, 0.5) is 0 Å². The molecule has 0 aliphatic carbocycles. The van der Waals surface area contributed by atoms with Crippen molar-refractivity contribution in [3.8, 4) is 0 Å². The van der Waals surface area contributed by atoms with Crippen molar-refractivity contribution in [2.24, 2.45) is 0 Å². The van der Waals surface area contributed by atoms with Crippen molar-refractivity contribution in [3.05, 3.63) is 39.9 Å². The monoisotopic (exact) mass is 352 g/mol. The zero-order valence-corrected chi connectivity index (χ0v) is 13.4. The number of hydrogen-bond acceptors (Lipinski definition) is 4. The Hall–Kier alpha value is -1.83. The minimum absolute atomic E-state index is 0.247. The maximum atomic E-state index is 12.2. The van der Waals surface area contributed by atoms with Crippen LogP contribution in [-0.4, -0.2) is 37.7 Å². The lowest BCUT2D eigenvalue weighted by molar-refractivity contribution is -0.140. The van der Waals surface area contributed by atoms with E-state index in [4.69, 9.17) is 28.9 Å². The van der Waals surface area contributed by atoms with Crippen LogP contribution < -0.4 is 0 Å². The number of amides is 1. The van der Waals surface area contributed by atoms with E-state index in [0.717, 1.165) is 33.1 Å². The Morgan fingerprint density at radius 3 is 3.00 bits per heavy atom. The molecule has 2 heterocycles. The maximum Gasteiger partial charge on any atom is 0.323 e. The summed E-state index contributed by atoms with van der Waals surface area (Å²) < 4.78 is 0.247. The smallest absolute Gasteiger partial charge is 0.323 e. The molecule has 1 aliphatic rings. The molecule has 1 aromatic carbocycles. The SMILES string of the molecule is O=C(O)CN1C(=O)C(=Cc2c[nH]c3ccc(Cl)cc23)SC1=S. The van der Waals surface area contributed by atoms with Crippen molar-refractivity contribution in [1.29, 1.82) is 0 Å². The minimum atomic E-state index is -1.10. The molecule has 0 spiro atoms. The molecule has 8 heteroatoms. The van der Waals surface area contributed by atoms with E-state index in [2.05, 4.69) is 4.98 Å². The molecule has 3 rings (SSSR count). The Labute approximate surface area is 139 Å². The van der Waals surface area contributed by atoms with E-state index in [1.807, 2.05) is 6.07 Å². The largest absolute Gasteiger partial charge is 0.480 e. The number of H-pyrrole nitrogens is 1. The van der Waals surface area contributed by atoms with Crippen molar-refractivity contribution in [2.75, 3.05) is 6.54 Å². The fourth-order valence-electron chi connectivity index (χ4n) is 2.15. The second-order valence-electron chi connectivity index (χ2n) is 4.60. The molecule has 2 aromatic rings. The molecule has 5 nitrogen and oxygen atoms in total. The summed E-state index contributed by atoms with van der Waals surface area (Å²) in [7, 11) is 0. The maximum absolute atomic E-state index is 12.2. The molecule has 0 atom stereocenters. The number of fused-ring (bicyclic) bond motifs is 1. The molecule has 0 bridgehead atoms. The Kier molecular flexibility index (Phi) is 3.94. The first kappa shape index (κ1) is 15.1. The Morgan fingerprint density at radius 2 is 2.27 bits per heavy atom. The average Bonchev–Trinajstić information content (AvgIpc) is 2.95. The zero-order chi connectivity index (χ0) is 15.9. The molecular formula is C14H9ClN2O3S2. The molecular weight excluding hydrogens is 344 g/mol. The first-order chi connectivity index (χ1) is 10.5. The number of benzene rings is 1. The van der Waals surface area contributed by atoms with E-state index in [-0.39, 0.29) is 4.32 Å². The number of carboxylic acids is 1. The second-order valence-corrected chi connectivity index (χ2v) is 6.71. The van der Waals surface area contributed by atoms with Gasteiger partial charge in [-0.2, -0.15) is 0 Å². The van der Waals surface area contributed by atoms with Crippen molar-refractivity contribution in [1.82, 2.24) is 9.88 Å². The lowest BCUT2D eigenvalue weighted by atomic mass is 10.1. The molecule has 1 aliphatic heterocycles. The molecule has 112 valence electrons. The van der Waals surface area contributed by atoms with Gasteiger partial charge in [-0.15, -0.1) is 0 Å². The number of halogens is 1. The fraction of sp³-hybridized carbons (Fsp3) is 0.0714. The fourth-order valence-corrected chi connectivity index (χ4v) is 3.56. The molecule has 1 aromatic heterocycles. The van der Waals surface area contributed by atoms with Gasteiger partial charge in [0.2, 0.25) is 0 Å². The van der Waals surface area contributed by atoms with E-state index in [0.29, 0.717) is 9.93 Å². The molecule has 2 N–H and O–H groups in total. The van der Waals surface area contributed by atoms with Crippen LogP contribution in [0.25, 0.3) is 17.0 Å². The quantitative estimate of drug-likeness (QED) is 0.656. The second kappa shape index (κ2) is 5.75. The topological polar surface area (TPSA) is 73.4 Å². The van der Waals surface area contributed by atoms with Crippen molar-refractivity contribution in [3.63, 3.8) is 0 Å². The van der Waals surface area contributed by atoms with Gasteiger partial charge in [0.15, 0.2) is 0 Å². The Bertz CT molecular complexity index is 844. The van der Waals surface area contributed by atoms with E-state index >= 15 is 0 Å². The third kappa shape index (κ3) is 2.75. The summed E-state index contributed by atoms with van der Waals surface area (Å²) in [5.74, 6) is -1.50. The van der Waals surface area contributed by atoms with Gasteiger partial charge >= 0.3 is 5.97 Å². The van der Waals surface area contributed by atoms with Gasteiger partial charge in [-0.05, 0) is 24.3 Å². The number of thioether (sulfide) groups is 1. The molecule has 0 saturated carbocycles. The van der Waals surface area contributed by atoms with Gasteiger partial charge in [-0.25, -0.2) is 0 Å². The number of carbonyl (C=O) groups excluding carboxylic acids is 1. The van der Waals surface area contributed by atoms with E-state index < -0.39 is 18.4 Å². The predicted octanol–water partition coefficient (Wildman–Crippen LogP) is 3.11. The number of aromatic nitrogens is 1. The third-order valence-corrected chi connectivity index (χ3v) is 4.74. The summed E-state index contributed by atoms with van der Waals surface area (Å²) >= 11 is 12.1. The molecule has 1 fully saturated rings. The van der Waals surface area contributed by atoms with Crippen molar-refractivity contribution >= 4 is 68.8 Å². The summed E-state index contributed by atoms with van der Waals surface area (Å²) in [5, 5.41) is 10.3. The molecule has 0 unspecified atom stereocenters. The third-order valence-electron chi connectivity index (χ3n) is 3.13. The highest BCUT2D eigenvalue weighted by Gasteiger charge is 2.33. The summed E-state index contributed by atoms with van der Waals surface area (Å²) in [6.07, 6.45) is 3.46. The number of aromatic amines is 1. The van der Waals surface area contributed by atoms with Gasteiger partial charge < -0.3 is 10.1 Å². The first-order valence-corrected chi connectivity index (χ1v) is 7.80. The van der Waals surface area contributed by atoms with Crippen LogP contribution in [0.15, 0.2) is 29.3 Å². The number of nitrogens with zero attached hydrogens (tertiary/aromatic N) is 1. The van der Waals surface area contributed by atoms with Gasteiger partial charge in [0.25, 0.3) is 5.91 Å². The highest BCUT2D eigenvalue weighted by molar-refractivity contribution is 8.26. The van der Waals surface area contributed by atoms with Gasteiger partial charge in [0.05, 0.1) is 4.91 Å². The van der Waals surface area contributed by atoms with Gasteiger partial charge in [0.1, 0.15) is 10.9 Å². The van der Waals surface area contributed by atoms with E-state index in [1.165, 1.54) is 0 Å². The first-order valence-electron chi connectivity index (χ1n) is 6.19. The van der Waals surface area contributed by atoms with Crippen LogP contribution in [0.3, 0.4) is 0 Å². The van der Waals surface area contributed by atoms with Crippen LogP contribution in [-0.2, 0) is 9.59 Å². The van der Waals surface area contributed by atoms with Crippen molar-refractivity contribution in [2.45, 2.75) is 0 Å².